The van der Waals surface area contributed by atoms with Crippen LogP contribution >= 0.6 is 0 Å². The van der Waals surface area contributed by atoms with Crippen molar-refractivity contribution in [1.29, 1.82) is 0 Å². The Morgan fingerprint density at radius 1 is 1.58 bits per heavy atom. The molecule has 104 valence electrons. The Morgan fingerprint density at radius 3 is 3.05 bits per heavy atom. The van der Waals surface area contributed by atoms with Crippen molar-refractivity contribution in [2.45, 2.75) is 32.4 Å². The molecule has 1 saturated heterocycles. The molecule has 2 rings (SSSR count). The number of amides is 1. The van der Waals surface area contributed by atoms with Gasteiger partial charge >= 0.3 is 0 Å². The third-order valence-electron chi connectivity index (χ3n) is 2.98. The molecular weight excluding hydrogens is 249 g/mol. The quantitative estimate of drug-likeness (QED) is 0.888. The lowest BCUT2D eigenvalue weighted by molar-refractivity contribution is -0.130. The van der Waals surface area contributed by atoms with Gasteiger partial charge in [-0.05, 0) is 37.5 Å². The molecule has 1 amide bonds. The van der Waals surface area contributed by atoms with E-state index in [0.29, 0.717) is 25.3 Å². The van der Waals surface area contributed by atoms with Crippen molar-refractivity contribution in [3.63, 3.8) is 0 Å². The van der Waals surface area contributed by atoms with Crippen LogP contribution in [0.2, 0.25) is 0 Å². The van der Waals surface area contributed by atoms with Crippen molar-refractivity contribution in [2.24, 2.45) is 0 Å². The SMILES string of the molecule is CCOc1ccc(CNC(=O)C2CCCO2)cc1F. The van der Waals surface area contributed by atoms with E-state index in [-0.39, 0.29) is 17.8 Å². The molecule has 0 radical (unpaired) electrons. The van der Waals surface area contributed by atoms with Gasteiger partial charge in [0, 0.05) is 13.2 Å². The van der Waals surface area contributed by atoms with E-state index in [1.807, 2.05) is 0 Å². The molecule has 1 heterocycles. The second-order valence-electron chi connectivity index (χ2n) is 4.42. The Labute approximate surface area is 111 Å². The summed E-state index contributed by atoms with van der Waals surface area (Å²) in [5, 5.41) is 2.75. The van der Waals surface area contributed by atoms with Gasteiger partial charge in [-0.2, -0.15) is 0 Å². The highest BCUT2D eigenvalue weighted by molar-refractivity contribution is 5.80. The molecule has 1 N–H and O–H groups in total. The summed E-state index contributed by atoms with van der Waals surface area (Å²) in [5.41, 5.74) is 0.701. The van der Waals surface area contributed by atoms with E-state index in [0.717, 1.165) is 12.8 Å². The predicted molar refractivity (Wildman–Crippen MR) is 68.4 cm³/mol. The molecule has 0 aliphatic carbocycles. The maximum absolute atomic E-state index is 13.6. The number of hydrogen-bond donors (Lipinski definition) is 1. The molecule has 19 heavy (non-hydrogen) atoms. The number of rotatable bonds is 5. The Balaban J connectivity index is 1.88. The highest BCUT2D eigenvalue weighted by Gasteiger charge is 2.23. The van der Waals surface area contributed by atoms with Crippen molar-refractivity contribution >= 4 is 5.91 Å². The van der Waals surface area contributed by atoms with Crippen molar-refractivity contribution < 1.29 is 18.7 Å². The molecule has 5 heteroatoms. The summed E-state index contributed by atoms with van der Waals surface area (Å²) in [7, 11) is 0. The normalized spacial score (nSPS) is 18.3. The lowest BCUT2D eigenvalue weighted by Gasteiger charge is -2.11. The molecule has 4 nitrogen and oxygen atoms in total. The third-order valence-corrected chi connectivity index (χ3v) is 2.98. The van der Waals surface area contributed by atoms with Crippen LogP contribution in [0.25, 0.3) is 0 Å². The van der Waals surface area contributed by atoms with Gasteiger partial charge in [0.2, 0.25) is 5.91 Å². The molecular formula is C14H18FNO3. The summed E-state index contributed by atoms with van der Waals surface area (Å²) in [6, 6.07) is 4.69. The zero-order valence-electron chi connectivity index (χ0n) is 10.9. The van der Waals surface area contributed by atoms with Gasteiger partial charge in [-0.25, -0.2) is 4.39 Å². The van der Waals surface area contributed by atoms with E-state index in [9.17, 15) is 9.18 Å². The molecule has 0 spiro atoms. The largest absolute Gasteiger partial charge is 0.491 e. The fraction of sp³-hybridized carbons (Fsp3) is 0.500. The topological polar surface area (TPSA) is 47.6 Å². The second-order valence-corrected chi connectivity index (χ2v) is 4.42. The number of halogens is 1. The monoisotopic (exact) mass is 267 g/mol. The van der Waals surface area contributed by atoms with E-state index in [4.69, 9.17) is 9.47 Å². The molecule has 1 aromatic carbocycles. The molecule has 1 fully saturated rings. The van der Waals surface area contributed by atoms with Crippen molar-refractivity contribution in [3.05, 3.63) is 29.6 Å². The zero-order chi connectivity index (χ0) is 13.7. The Hall–Kier alpha value is -1.62. The first-order valence-electron chi connectivity index (χ1n) is 6.51. The van der Waals surface area contributed by atoms with E-state index < -0.39 is 5.82 Å². The first kappa shape index (κ1) is 13.8. The molecule has 1 aromatic rings. The van der Waals surface area contributed by atoms with Crippen LogP contribution in [-0.4, -0.2) is 25.2 Å². The number of nitrogens with one attached hydrogen (secondary N) is 1. The van der Waals surface area contributed by atoms with E-state index in [2.05, 4.69) is 5.32 Å². The number of hydrogen-bond acceptors (Lipinski definition) is 3. The van der Waals surface area contributed by atoms with E-state index in [1.54, 1.807) is 19.1 Å². The lowest BCUT2D eigenvalue weighted by atomic mass is 10.2. The number of benzene rings is 1. The summed E-state index contributed by atoms with van der Waals surface area (Å²) in [6.07, 6.45) is 1.31. The first-order chi connectivity index (χ1) is 9.20. The number of carbonyl (C=O) groups excluding carboxylic acids is 1. The molecule has 1 aliphatic rings. The van der Waals surface area contributed by atoms with Crippen LogP contribution in [0.3, 0.4) is 0 Å². The minimum Gasteiger partial charge on any atom is -0.491 e. The highest BCUT2D eigenvalue weighted by Crippen LogP contribution is 2.18. The highest BCUT2D eigenvalue weighted by atomic mass is 19.1. The van der Waals surface area contributed by atoms with Crippen LogP contribution in [0.5, 0.6) is 5.75 Å². The molecule has 1 unspecified atom stereocenters. The first-order valence-corrected chi connectivity index (χ1v) is 6.51. The lowest BCUT2D eigenvalue weighted by Crippen LogP contribution is -2.33. The number of ether oxygens (including phenoxy) is 2. The van der Waals surface area contributed by atoms with E-state index in [1.165, 1.54) is 6.07 Å². The maximum atomic E-state index is 13.6. The standard InChI is InChI=1S/C14H18FNO3/c1-2-18-12-6-5-10(8-11(12)15)9-16-14(17)13-4-3-7-19-13/h5-6,8,13H,2-4,7,9H2,1H3,(H,16,17). The van der Waals surface area contributed by atoms with Gasteiger partial charge in [-0.15, -0.1) is 0 Å². The zero-order valence-corrected chi connectivity index (χ0v) is 10.9. The van der Waals surface area contributed by atoms with Gasteiger partial charge in [0.25, 0.3) is 0 Å². The Kier molecular flexibility index (Phi) is 4.74. The summed E-state index contributed by atoms with van der Waals surface area (Å²) in [5.74, 6) is -0.311. The van der Waals surface area contributed by atoms with Gasteiger partial charge in [0.1, 0.15) is 6.10 Å². The van der Waals surface area contributed by atoms with Crippen molar-refractivity contribution in [2.75, 3.05) is 13.2 Å². The molecule has 1 aliphatic heterocycles. The summed E-state index contributed by atoms with van der Waals surface area (Å²) >= 11 is 0. The summed E-state index contributed by atoms with van der Waals surface area (Å²) in [6.45, 7) is 3.15. The van der Waals surface area contributed by atoms with Crippen LogP contribution in [0, 0.1) is 5.82 Å². The van der Waals surface area contributed by atoms with Crippen molar-refractivity contribution in [1.82, 2.24) is 5.32 Å². The van der Waals surface area contributed by atoms with Crippen LogP contribution in [0.4, 0.5) is 4.39 Å². The molecule has 0 saturated carbocycles. The average molecular weight is 267 g/mol. The number of carbonyl (C=O) groups is 1. The van der Waals surface area contributed by atoms with Crippen LogP contribution < -0.4 is 10.1 Å². The molecule has 1 atom stereocenters. The maximum Gasteiger partial charge on any atom is 0.249 e. The van der Waals surface area contributed by atoms with Gasteiger partial charge in [0.15, 0.2) is 11.6 Å². The molecule has 0 aromatic heterocycles. The Bertz CT molecular complexity index is 444. The van der Waals surface area contributed by atoms with Crippen LogP contribution in [0.15, 0.2) is 18.2 Å². The minimum atomic E-state index is -0.411. The van der Waals surface area contributed by atoms with Gasteiger partial charge < -0.3 is 14.8 Å². The van der Waals surface area contributed by atoms with Gasteiger partial charge in [0.05, 0.1) is 6.61 Å². The van der Waals surface area contributed by atoms with Crippen molar-refractivity contribution in [3.8, 4) is 5.75 Å². The molecule has 0 bridgehead atoms. The fourth-order valence-electron chi connectivity index (χ4n) is 2.01. The third kappa shape index (κ3) is 3.67. The smallest absolute Gasteiger partial charge is 0.249 e. The van der Waals surface area contributed by atoms with Crippen LogP contribution in [-0.2, 0) is 16.1 Å². The Morgan fingerprint density at radius 2 is 2.42 bits per heavy atom. The van der Waals surface area contributed by atoms with Crippen LogP contribution in [0.1, 0.15) is 25.3 Å². The fourth-order valence-corrected chi connectivity index (χ4v) is 2.01. The van der Waals surface area contributed by atoms with Gasteiger partial charge in [-0.3, -0.25) is 4.79 Å². The minimum absolute atomic E-state index is 0.133. The summed E-state index contributed by atoms with van der Waals surface area (Å²) in [4.78, 5) is 11.7. The predicted octanol–water partition coefficient (Wildman–Crippen LogP) is 2.02. The van der Waals surface area contributed by atoms with E-state index >= 15 is 0 Å². The second kappa shape index (κ2) is 6.52. The van der Waals surface area contributed by atoms with Gasteiger partial charge in [-0.1, -0.05) is 6.07 Å². The average Bonchev–Trinajstić information content (AvgIpc) is 2.93. The summed E-state index contributed by atoms with van der Waals surface area (Å²) < 4.78 is 24.0.